The fraction of sp³-hybridized carbons (Fsp3) is 0.552. The molecule has 0 radical (unpaired) electrons. The van der Waals surface area contributed by atoms with Gasteiger partial charge in [-0.2, -0.15) is 0 Å². The number of benzene rings is 2. The van der Waals surface area contributed by atoms with E-state index in [9.17, 15) is 14.1 Å². The summed E-state index contributed by atoms with van der Waals surface area (Å²) in [5.74, 6) is 1.79. The summed E-state index contributed by atoms with van der Waals surface area (Å²) in [7, 11) is -1.07. The molecular weight excluding hydrogens is 502 g/mol. The molecule has 8 nitrogen and oxygen atoms in total. The second-order valence-electron chi connectivity index (χ2n) is 10.3. The molecule has 0 saturated carbocycles. The van der Waals surface area contributed by atoms with Crippen molar-refractivity contribution in [2.24, 2.45) is 0 Å². The van der Waals surface area contributed by atoms with Gasteiger partial charge >= 0.3 is 0 Å². The van der Waals surface area contributed by atoms with Crippen LogP contribution in [0.4, 0.5) is 5.69 Å². The number of unbranched alkanes of at least 4 members (excludes halogenated alkanes) is 1. The molecule has 1 saturated heterocycles. The Labute approximate surface area is 228 Å². The van der Waals surface area contributed by atoms with Crippen molar-refractivity contribution in [3.8, 4) is 11.5 Å². The molecule has 0 aliphatic carbocycles. The molecule has 0 aromatic heterocycles. The monoisotopic (exact) mass is 543 g/mol. The van der Waals surface area contributed by atoms with Crippen molar-refractivity contribution < 1.29 is 23.6 Å². The first-order valence-electron chi connectivity index (χ1n) is 13.7. The highest BCUT2D eigenvalue weighted by Gasteiger charge is 2.29. The maximum Gasteiger partial charge on any atom is 0.238 e. The number of nitrogens with zero attached hydrogens (tertiary/aromatic N) is 1. The summed E-state index contributed by atoms with van der Waals surface area (Å²) in [6.07, 6.45) is 2.48. The number of ether oxygens (including phenoxy) is 2. The van der Waals surface area contributed by atoms with E-state index in [1.807, 2.05) is 38.1 Å². The van der Waals surface area contributed by atoms with E-state index >= 15 is 0 Å². The van der Waals surface area contributed by atoms with Gasteiger partial charge in [0.15, 0.2) is 17.6 Å². The maximum atomic E-state index is 12.6. The standard InChI is InChI=1S/C29H41N3O5S/c1-4-5-15-38(35)23-9-10-25-26(16-23)37-27(19-36-25)24(33)17-30-22-11-13-32(14-12-22)18-28(34)31-29-20(2)7-6-8-21(29)3/h6-10,16,22,24,27,30,33H,4-5,11-15,17-19H2,1-3H3,(H,31,34). The summed E-state index contributed by atoms with van der Waals surface area (Å²) >= 11 is 0. The number of hydrogen-bond acceptors (Lipinski definition) is 7. The zero-order valence-electron chi connectivity index (χ0n) is 22.7. The van der Waals surface area contributed by atoms with E-state index in [1.54, 1.807) is 12.1 Å². The van der Waals surface area contributed by atoms with E-state index in [0.717, 1.165) is 60.5 Å². The quantitative estimate of drug-likeness (QED) is 0.399. The third kappa shape index (κ3) is 7.56. The van der Waals surface area contributed by atoms with Gasteiger partial charge in [-0.1, -0.05) is 31.5 Å². The van der Waals surface area contributed by atoms with Gasteiger partial charge in [0.2, 0.25) is 5.91 Å². The number of fused-ring (bicyclic) bond motifs is 1. The number of carbonyl (C=O) groups is 1. The lowest BCUT2D eigenvalue weighted by Gasteiger charge is -2.34. The number of anilines is 1. The topological polar surface area (TPSA) is 100 Å². The summed E-state index contributed by atoms with van der Waals surface area (Å²) < 4.78 is 24.4. The number of para-hydroxylation sites is 1. The lowest BCUT2D eigenvalue weighted by molar-refractivity contribution is -0.117. The van der Waals surface area contributed by atoms with Crippen LogP contribution in [0.5, 0.6) is 11.5 Å². The largest absolute Gasteiger partial charge is 0.486 e. The smallest absolute Gasteiger partial charge is 0.238 e. The fourth-order valence-corrected chi connectivity index (χ4v) is 6.15. The molecule has 2 aromatic rings. The van der Waals surface area contributed by atoms with Crippen LogP contribution in [0.2, 0.25) is 0 Å². The normalized spacial score (nSPS) is 19.6. The summed E-state index contributed by atoms with van der Waals surface area (Å²) in [5.41, 5.74) is 3.04. The molecule has 208 valence electrons. The lowest BCUT2D eigenvalue weighted by Crippen LogP contribution is -2.50. The van der Waals surface area contributed by atoms with Gasteiger partial charge in [-0.3, -0.25) is 13.9 Å². The molecule has 3 atom stereocenters. The van der Waals surface area contributed by atoms with Crippen molar-refractivity contribution in [3.05, 3.63) is 47.5 Å². The fourth-order valence-electron chi connectivity index (χ4n) is 4.90. The summed E-state index contributed by atoms with van der Waals surface area (Å²) in [5, 5.41) is 17.3. The van der Waals surface area contributed by atoms with Crippen LogP contribution in [0.15, 0.2) is 41.3 Å². The SMILES string of the molecule is CCCCS(=O)c1ccc2c(c1)OC(C(O)CNC1CCN(CC(=O)Nc3c(C)cccc3C)CC1)CO2. The number of likely N-dealkylation sites (tertiary alicyclic amines) is 1. The zero-order valence-corrected chi connectivity index (χ0v) is 23.5. The highest BCUT2D eigenvalue weighted by molar-refractivity contribution is 7.85. The second-order valence-corrected chi connectivity index (χ2v) is 11.9. The van der Waals surface area contributed by atoms with Crippen molar-refractivity contribution in [2.75, 3.05) is 43.9 Å². The van der Waals surface area contributed by atoms with Gasteiger partial charge in [-0.05, 0) is 56.4 Å². The van der Waals surface area contributed by atoms with Crippen LogP contribution in [-0.2, 0) is 15.6 Å². The minimum atomic E-state index is -1.07. The molecule has 3 N–H and O–H groups in total. The first-order valence-corrected chi connectivity index (χ1v) is 15.0. The van der Waals surface area contributed by atoms with Crippen molar-refractivity contribution in [1.29, 1.82) is 0 Å². The van der Waals surface area contributed by atoms with Crippen LogP contribution in [0.3, 0.4) is 0 Å². The van der Waals surface area contributed by atoms with Crippen LogP contribution < -0.4 is 20.1 Å². The van der Waals surface area contributed by atoms with E-state index in [4.69, 9.17) is 9.47 Å². The number of hydrogen-bond donors (Lipinski definition) is 3. The van der Waals surface area contributed by atoms with Gasteiger partial charge in [0.25, 0.3) is 0 Å². The molecule has 1 amide bonds. The number of aliphatic hydroxyl groups is 1. The first-order chi connectivity index (χ1) is 18.3. The van der Waals surface area contributed by atoms with Crippen molar-refractivity contribution in [3.63, 3.8) is 0 Å². The number of rotatable bonds is 11. The Hall–Kier alpha value is -2.46. The van der Waals surface area contributed by atoms with Gasteiger partial charge in [0.05, 0.1) is 17.3 Å². The van der Waals surface area contributed by atoms with Gasteiger partial charge in [0, 0.05) is 48.1 Å². The maximum absolute atomic E-state index is 12.6. The van der Waals surface area contributed by atoms with E-state index in [2.05, 4.69) is 22.5 Å². The molecule has 0 spiro atoms. The highest BCUT2D eigenvalue weighted by atomic mass is 32.2. The molecule has 0 bridgehead atoms. The minimum absolute atomic E-state index is 0.0105. The van der Waals surface area contributed by atoms with E-state index in [1.165, 1.54) is 0 Å². The van der Waals surface area contributed by atoms with Crippen LogP contribution in [-0.4, -0.2) is 76.9 Å². The molecule has 1 fully saturated rings. The van der Waals surface area contributed by atoms with Crippen LogP contribution >= 0.6 is 0 Å². The van der Waals surface area contributed by atoms with Crippen molar-refractivity contribution in [2.45, 2.75) is 69.6 Å². The Balaban J connectivity index is 1.19. The number of aryl methyl sites for hydroxylation is 2. The van der Waals surface area contributed by atoms with Gasteiger partial charge < -0.3 is 25.2 Å². The molecule has 4 rings (SSSR count). The third-order valence-corrected chi connectivity index (χ3v) is 8.73. The van der Waals surface area contributed by atoms with Crippen LogP contribution in [0.25, 0.3) is 0 Å². The predicted molar refractivity (Wildman–Crippen MR) is 151 cm³/mol. The number of carbonyl (C=O) groups excluding carboxylic acids is 1. The van der Waals surface area contributed by atoms with Crippen molar-refractivity contribution in [1.82, 2.24) is 10.2 Å². The molecule has 2 aliphatic rings. The van der Waals surface area contributed by atoms with E-state index in [-0.39, 0.29) is 18.6 Å². The molecule has 2 heterocycles. The van der Waals surface area contributed by atoms with Gasteiger partial charge in [-0.25, -0.2) is 0 Å². The minimum Gasteiger partial charge on any atom is -0.486 e. The number of nitrogens with one attached hydrogen (secondary N) is 2. The Morgan fingerprint density at radius 3 is 2.61 bits per heavy atom. The summed E-state index contributed by atoms with van der Waals surface area (Å²) in [6, 6.07) is 11.7. The van der Waals surface area contributed by atoms with Gasteiger partial charge in [-0.15, -0.1) is 0 Å². The zero-order chi connectivity index (χ0) is 27.1. The lowest BCUT2D eigenvalue weighted by atomic mass is 10.0. The Morgan fingerprint density at radius 1 is 1.16 bits per heavy atom. The Morgan fingerprint density at radius 2 is 1.89 bits per heavy atom. The molecule has 38 heavy (non-hydrogen) atoms. The highest BCUT2D eigenvalue weighted by Crippen LogP contribution is 2.34. The van der Waals surface area contributed by atoms with Crippen molar-refractivity contribution >= 4 is 22.4 Å². The van der Waals surface area contributed by atoms with Crippen LogP contribution in [0, 0.1) is 13.8 Å². The average molecular weight is 544 g/mol. The molecule has 2 aliphatic heterocycles. The Kier molecular flexibility index (Phi) is 10.2. The molecule has 2 aromatic carbocycles. The average Bonchev–Trinajstić information content (AvgIpc) is 2.92. The first kappa shape index (κ1) is 28.5. The van der Waals surface area contributed by atoms with Gasteiger partial charge in [0.1, 0.15) is 12.7 Å². The number of amides is 1. The molecule has 9 heteroatoms. The number of piperidine rings is 1. The second kappa shape index (κ2) is 13.6. The van der Waals surface area contributed by atoms with Crippen LogP contribution in [0.1, 0.15) is 43.7 Å². The van der Waals surface area contributed by atoms with E-state index < -0.39 is 23.0 Å². The molecular formula is C29H41N3O5S. The number of aliphatic hydroxyl groups excluding tert-OH is 1. The third-order valence-electron chi connectivity index (χ3n) is 7.29. The predicted octanol–water partition coefficient (Wildman–Crippen LogP) is 3.40. The Bertz CT molecular complexity index is 1100. The molecule has 3 unspecified atom stereocenters. The summed E-state index contributed by atoms with van der Waals surface area (Å²) in [6.45, 7) is 8.77. The van der Waals surface area contributed by atoms with E-state index in [0.29, 0.717) is 30.3 Å². The summed E-state index contributed by atoms with van der Waals surface area (Å²) in [4.78, 5) is 15.5.